The highest BCUT2D eigenvalue weighted by Gasteiger charge is 2.20. The lowest BCUT2D eigenvalue weighted by atomic mass is 10.1. The normalized spacial score (nSPS) is 24.6. The highest BCUT2D eigenvalue weighted by molar-refractivity contribution is 7.80. The van der Waals surface area contributed by atoms with Crippen molar-refractivity contribution in [1.29, 1.82) is 0 Å². The van der Waals surface area contributed by atoms with Gasteiger partial charge < -0.3 is 5.11 Å². The molecule has 1 aliphatic rings. The first-order valence-corrected chi connectivity index (χ1v) is 5.59. The Morgan fingerprint density at radius 1 is 1.46 bits per heavy atom. The van der Waals surface area contributed by atoms with Crippen LogP contribution in [0.3, 0.4) is 0 Å². The summed E-state index contributed by atoms with van der Waals surface area (Å²) >= 11 is 4.11. The van der Waals surface area contributed by atoms with Crippen molar-refractivity contribution in [1.82, 2.24) is 4.90 Å². The van der Waals surface area contributed by atoms with E-state index in [4.69, 9.17) is 5.11 Å². The lowest BCUT2D eigenvalue weighted by Crippen LogP contribution is -2.20. The molecule has 1 saturated heterocycles. The number of aliphatic hydroxyl groups is 1. The van der Waals surface area contributed by atoms with Crippen LogP contribution >= 0.6 is 12.6 Å². The topological polar surface area (TPSA) is 23.5 Å². The molecule has 1 N–H and O–H groups in total. The maximum Gasteiger partial charge on any atom is 0.0434 e. The number of likely N-dealkylation sites (tertiary alicyclic amines) is 1. The fourth-order valence-electron chi connectivity index (χ4n) is 1.80. The summed E-state index contributed by atoms with van der Waals surface area (Å²) in [6, 6.07) is 0. The first kappa shape index (κ1) is 11.1. The monoisotopic (exact) mass is 201 g/mol. The second-order valence-electron chi connectivity index (χ2n) is 3.58. The predicted molar refractivity (Wildman–Crippen MR) is 59.2 cm³/mol. The van der Waals surface area contributed by atoms with Crippen LogP contribution in [0.25, 0.3) is 0 Å². The third kappa shape index (κ3) is 4.16. The Labute approximate surface area is 86.0 Å². The van der Waals surface area contributed by atoms with E-state index in [-0.39, 0.29) is 0 Å². The van der Waals surface area contributed by atoms with Crippen molar-refractivity contribution in [3.63, 3.8) is 0 Å². The number of thiol groups is 1. The molecule has 0 aromatic heterocycles. The lowest BCUT2D eigenvalue weighted by Gasteiger charge is -2.12. The highest BCUT2D eigenvalue weighted by Crippen LogP contribution is 2.18. The van der Waals surface area contributed by atoms with E-state index in [2.05, 4.69) is 29.7 Å². The van der Waals surface area contributed by atoms with Gasteiger partial charge in [0.05, 0.1) is 0 Å². The van der Waals surface area contributed by atoms with Crippen LogP contribution in [-0.4, -0.2) is 42.0 Å². The van der Waals surface area contributed by atoms with E-state index >= 15 is 0 Å². The minimum absolute atomic E-state index is 0.338. The number of hydrogen-bond acceptors (Lipinski definition) is 3. The molecule has 2 nitrogen and oxygen atoms in total. The molecule has 0 radical (unpaired) electrons. The Kier molecular flexibility index (Phi) is 5.51. The summed E-state index contributed by atoms with van der Waals surface area (Å²) in [6.07, 6.45) is 6.47. The molecule has 0 amide bonds. The first-order chi connectivity index (χ1) is 6.36. The molecule has 1 heterocycles. The average molecular weight is 201 g/mol. The minimum atomic E-state index is 0.338. The molecule has 1 aliphatic heterocycles. The maximum absolute atomic E-state index is 8.78. The van der Waals surface area contributed by atoms with Crippen molar-refractivity contribution < 1.29 is 5.11 Å². The van der Waals surface area contributed by atoms with Crippen LogP contribution in [0.1, 0.15) is 12.8 Å². The van der Waals surface area contributed by atoms with Gasteiger partial charge in [0.15, 0.2) is 0 Å². The SMILES string of the molecule is OCCC1CCN(C/C=C/CS)C1. The molecule has 0 bridgehead atoms. The molecule has 0 aromatic rings. The van der Waals surface area contributed by atoms with Crippen LogP contribution in [0.2, 0.25) is 0 Å². The van der Waals surface area contributed by atoms with Gasteiger partial charge in [-0.1, -0.05) is 12.2 Å². The Hall–Kier alpha value is 0.01000. The highest BCUT2D eigenvalue weighted by atomic mass is 32.1. The quantitative estimate of drug-likeness (QED) is 0.515. The van der Waals surface area contributed by atoms with Crippen LogP contribution < -0.4 is 0 Å². The smallest absolute Gasteiger partial charge is 0.0434 e. The van der Waals surface area contributed by atoms with Crippen molar-refractivity contribution in [2.45, 2.75) is 12.8 Å². The van der Waals surface area contributed by atoms with Crippen molar-refractivity contribution in [3.8, 4) is 0 Å². The Morgan fingerprint density at radius 3 is 3.00 bits per heavy atom. The molecule has 1 atom stereocenters. The zero-order valence-electron chi connectivity index (χ0n) is 8.02. The van der Waals surface area contributed by atoms with Gasteiger partial charge in [0.2, 0.25) is 0 Å². The molecule has 0 spiro atoms. The van der Waals surface area contributed by atoms with E-state index in [1.165, 1.54) is 13.0 Å². The van der Waals surface area contributed by atoms with Gasteiger partial charge in [-0.25, -0.2) is 0 Å². The van der Waals surface area contributed by atoms with E-state index in [0.29, 0.717) is 6.61 Å². The summed E-state index contributed by atoms with van der Waals surface area (Å²) in [7, 11) is 0. The minimum Gasteiger partial charge on any atom is -0.396 e. The summed E-state index contributed by atoms with van der Waals surface area (Å²) in [6.45, 7) is 3.71. The Morgan fingerprint density at radius 2 is 2.31 bits per heavy atom. The van der Waals surface area contributed by atoms with E-state index in [0.717, 1.165) is 31.2 Å². The van der Waals surface area contributed by atoms with Crippen molar-refractivity contribution in [2.24, 2.45) is 5.92 Å². The number of rotatable bonds is 5. The molecule has 1 unspecified atom stereocenters. The molecule has 0 saturated carbocycles. The summed E-state index contributed by atoms with van der Waals surface area (Å²) in [4.78, 5) is 2.43. The predicted octanol–water partition coefficient (Wildman–Crippen LogP) is 1.18. The van der Waals surface area contributed by atoms with E-state index in [1.807, 2.05) is 0 Å². The first-order valence-electron chi connectivity index (χ1n) is 4.96. The van der Waals surface area contributed by atoms with Gasteiger partial charge >= 0.3 is 0 Å². The third-order valence-corrected chi connectivity index (χ3v) is 2.75. The average Bonchev–Trinajstić information content (AvgIpc) is 2.54. The third-order valence-electron chi connectivity index (χ3n) is 2.54. The molecule has 13 heavy (non-hydrogen) atoms. The molecule has 0 aromatic carbocycles. The van der Waals surface area contributed by atoms with Crippen molar-refractivity contribution in [2.75, 3.05) is 32.0 Å². The molecule has 0 aliphatic carbocycles. The van der Waals surface area contributed by atoms with Gasteiger partial charge in [-0.2, -0.15) is 12.6 Å². The lowest BCUT2D eigenvalue weighted by molar-refractivity contribution is 0.254. The van der Waals surface area contributed by atoms with Crippen LogP contribution in [0.15, 0.2) is 12.2 Å². The van der Waals surface area contributed by atoms with Crippen LogP contribution in [0.4, 0.5) is 0 Å². The van der Waals surface area contributed by atoms with Crippen LogP contribution in [0.5, 0.6) is 0 Å². The van der Waals surface area contributed by atoms with Gasteiger partial charge in [-0.3, -0.25) is 4.90 Å². The molecule has 3 heteroatoms. The Balaban J connectivity index is 2.13. The molecule has 1 rings (SSSR count). The zero-order chi connectivity index (χ0) is 9.52. The number of aliphatic hydroxyl groups excluding tert-OH is 1. The fourth-order valence-corrected chi connectivity index (χ4v) is 1.94. The van der Waals surface area contributed by atoms with Crippen LogP contribution in [0, 0.1) is 5.92 Å². The largest absolute Gasteiger partial charge is 0.396 e. The second-order valence-corrected chi connectivity index (χ2v) is 3.95. The number of nitrogens with zero attached hydrogens (tertiary/aromatic N) is 1. The zero-order valence-corrected chi connectivity index (χ0v) is 8.92. The summed E-state index contributed by atoms with van der Waals surface area (Å²) in [5.74, 6) is 1.54. The fraction of sp³-hybridized carbons (Fsp3) is 0.800. The summed E-state index contributed by atoms with van der Waals surface area (Å²) in [5, 5.41) is 8.78. The summed E-state index contributed by atoms with van der Waals surface area (Å²) < 4.78 is 0. The summed E-state index contributed by atoms with van der Waals surface area (Å²) in [5.41, 5.74) is 0. The van der Waals surface area contributed by atoms with Crippen molar-refractivity contribution in [3.05, 3.63) is 12.2 Å². The van der Waals surface area contributed by atoms with Gasteiger partial charge in [0, 0.05) is 25.4 Å². The molecular weight excluding hydrogens is 182 g/mol. The second kappa shape index (κ2) is 6.46. The number of hydrogen-bond donors (Lipinski definition) is 2. The van der Waals surface area contributed by atoms with Gasteiger partial charge in [-0.15, -0.1) is 0 Å². The van der Waals surface area contributed by atoms with E-state index < -0.39 is 0 Å². The van der Waals surface area contributed by atoms with Crippen molar-refractivity contribution >= 4 is 12.6 Å². The molecular formula is C10H19NOS. The molecule has 1 fully saturated rings. The van der Waals surface area contributed by atoms with Gasteiger partial charge in [-0.05, 0) is 25.3 Å². The standard InChI is InChI=1S/C10H19NOS/c12-7-4-10-3-6-11(9-10)5-1-2-8-13/h1-2,10,12-13H,3-9H2/b2-1+. The van der Waals surface area contributed by atoms with Crippen LogP contribution in [-0.2, 0) is 0 Å². The van der Waals surface area contributed by atoms with E-state index in [9.17, 15) is 0 Å². The molecule has 76 valence electrons. The Bertz CT molecular complexity index is 161. The van der Waals surface area contributed by atoms with E-state index in [1.54, 1.807) is 0 Å². The van der Waals surface area contributed by atoms with Gasteiger partial charge in [0.1, 0.15) is 0 Å². The van der Waals surface area contributed by atoms with Gasteiger partial charge in [0.25, 0.3) is 0 Å². The maximum atomic E-state index is 8.78.